The van der Waals surface area contributed by atoms with E-state index < -0.39 is 0 Å². The van der Waals surface area contributed by atoms with Crippen LogP contribution in [0, 0.1) is 0 Å². The molecule has 3 aromatic rings. The molecule has 29 heavy (non-hydrogen) atoms. The third-order valence-corrected chi connectivity index (χ3v) is 4.21. The first-order chi connectivity index (χ1) is 14.2. The molecule has 3 rings (SSSR count). The lowest BCUT2D eigenvalue weighted by Gasteiger charge is -2.19. The predicted molar refractivity (Wildman–Crippen MR) is 121 cm³/mol. The Balaban J connectivity index is 0.000000989. The van der Waals surface area contributed by atoms with Gasteiger partial charge in [-0.2, -0.15) is 0 Å². The van der Waals surface area contributed by atoms with Gasteiger partial charge in [-0.05, 0) is 53.4 Å². The average Bonchev–Trinajstić information content (AvgIpc) is 2.81. The molecule has 2 aromatic heterocycles. The van der Waals surface area contributed by atoms with Crippen LogP contribution >= 0.6 is 0 Å². The van der Waals surface area contributed by atoms with Gasteiger partial charge in [0, 0.05) is 24.5 Å². The molecule has 2 heterocycles. The van der Waals surface area contributed by atoms with E-state index in [1.54, 1.807) is 14.2 Å². The van der Waals surface area contributed by atoms with Crippen molar-refractivity contribution in [2.75, 3.05) is 20.0 Å². The molecular weight excluding hydrogens is 362 g/mol. The third-order valence-electron chi connectivity index (χ3n) is 4.21. The zero-order chi connectivity index (χ0) is 21.6. The Kier molecular flexibility index (Phi) is 10.9. The Bertz CT molecular complexity index is 821. The number of nitrogen functional groups attached to an aromatic ring is 1. The molecule has 0 radical (unpaired) electrons. The van der Waals surface area contributed by atoms with E-state index in [2.05, 4.69) is 16.0 Å². The number of aromatic nitrogens is 2. The van der Waals surface area contributed by atoms with E-state index in [1.807, 2.05) is 82.7 Å². The summed E-state index contributed by atoms with van der Waals surface area (Å²) < 4.78 is 10.8. The number of nitrogens with zero attached hydrogens (tertiary/aromatic N) is 2. The smallest absolute Gasteiger partial charge is 0.161 e. The summed E-state index contributed by atoms with van der Waals surface area (Å²) in [5, 5.41) is 0. The van der Waals surface area contributed by atoms with Crippen LogP contribution in [0.1, 0.15) is 50.3 Å². The summed E-state index contributed by atoms with van der Waals surface area (Å²) >= 11 is 0. The van der Waals surface area contributed by atoms with Gasteiger partial charge in [0.25, 0.3) is 0 Å². The fraction of sp³-hybridized carbons (Fsp3) is 0.333. The van der Waals surface area contributed by atoms with Crippen LogP contribution in [0.4, 0.5) is 5.82 Å². The van der Waals surface area contributed by atoms with E-state index in [0.717, 1.165) is 17.5 Å². The fourth-order valence-corrected chi connectivity index (χ4v) is 2.88. The van der Waals surface area contributed by atoms with Crippen LogP contribution in [-0.4, -0.2) is 24.2 Å². The van der Waals surface area contributed by atoms with Crippen LogP contribution in [-0.2, 0) is 6.42 Å². The standard InChI is InChI=1S/C20H21N3O2.2C2H6/c1-24-18-5-3-15(12-19(18)25-2)17(11-14-7-9-22-10-8-14)16-4-6-20(21)23-13-16;2*1-2/h3-10,12-13,17H,11H2,1-2H3,(H2,21,23);2*1-2H3. The first-order valence-corrected chi connectivity index (χ1v) is 10.0. The molecular formula is C24H33N3O2. The SMILES string of the molecule is CC.CC.COc1ccc(C(Cc2ccncc2)c2ccc(N)nc2)cc1OC. The van der Waals surface area contributed by atoms with Crippen LogP contribution in [0.3, 0.4) is 0 Å². The van der Waals surface area contributed by atoms with Gasteiger partial charge in [0.15, 0.2) is 11.5 Å². The molecule has 2 N–H and O–H groups in total. The molecule has 0 fully saturated rings. The van der Waals surface area contributed by atoms with Gasteiger partial charge in [0.2, 0.25) is 0 Å². The third kappa shape index (κ3) is 6.79. The average molecular weight is 396 g/mol. The first-order valence-electron chi connectivity index (χ1n) is 10.0. The van der Waals surface area contributed by atoms with Gasteiger partial charge in [-0.3, -0.25) is 4.98 Å². The number of ether oxygens (including phenoxy) is 2. The van der Waals surface area contributed by atoms with E-state index in [9.17, 15) is 0 Å². The number of hydrogen-bond donors (Lipinski definition) is 1. The number of hydrogen-bond acceptors (Lipinski definition) is 5. The molecule has 156 valence electrons. The summed E-state index contributed by atoms with van der Waals surface area (Å²) in [7, 11) is 3.28. The zero-order valence-corrected chi connectivity index (χ0v) is 18.3. The lowest BCUT2D eigenvalue weighted by atomic mass is 9.87. The van der Waals surface area contributed by atoms with E-state index >= 15 is 0 Å². The second-order valence-corrected chi connectivity index (χ2v) is 5.74. The summed E-state index contributed by atoms with van der Waals surface area (Å²) in [6.07, 6.45) is 6.27. The molecule has 0 aliphatic heterocycles. The van der Waals surface area contributed by atoms with Crippen molar-refractivity contribution in [3.8, 4) is 11.5 Å². The summed E-state index contributed by atoms with van der Waals surface area (Å²) in [6, 6.07) is 13.9. The van der Waals surface area contributed by atoms with Crippen molar-refractivity contribution in [3.05, 3.63) is 77.7 Å². The van der Waals surface area contributed by atoms with Crippen molar-refractivity contribution in [2.24, 2.45) is 0 Å². The molecule has 0 saturated carbocycles. The minimum atomic E-state index is 0.121. The summed E-state index contributed by atoms with van der Waals surface area (Å²) in [5.74, 6) is 2.06. The van der Waals surface area contributed by atoms with Gasteiger partial charge < -0.3 is 15.2 Å². The molecule has 1 unspecified atom stereocenters. The number of rotatable bonds is 6. The first kappa shape index (κ1) is 24.0. The number of anilines is 1. The minimum Gasteiger partial charge on any atom is -0.493 e. The van der Waals surface area contributed by atoms with Gasteiger partial charge in [-0.15, -0.1) is 0 Å². The topological polar surface area (TPSA) is 70.3 Å². The fourth-order valence-electron chi connectivity index (χ4n) is 2.88. The number of methoxy groups -OCH3 is 2. The van der Waals surface area contributed by atoms with Crippen molar-refractivity contribution in [3.63, 3.8) is 0 Å². The van der Waals surface area contributed by atoms with Gasteiger partial charge in [0.1, 0.15) is 5.82 Å². The van der Waals surface area contributed by atoms with Gasteiger partial charge >= 0.3 is 0 Å². The van der Waals surface area contributed by atoms with Crippen molar-refractivity contribution in [2.45, 2.75) is 40.0 Å². The van der Waals surface area contributed by atoms with Crippen LogP contribution < -0.4 is 15.2 Å². The molecule has 0 bridgehead atoms. The van der Waals surface area contributed by atoms with Crippen LogP contribution in [0.5, 0.6) is 11.5 Å². The maximum absolute atomic E-state index is 5.75. The van der Waals surface area contributed by atoms with Gasteiger partial charge in [0.05, 0.1) is 14.2 Å². The second kappa shape index (κ2) is 13.2. The van der Waals surface area contributed by atoms with Crippen molar-refractivity contribution >= 4 is 5.82 Å². The lowest BCUT2D eigenvalue weighted by Crippen LogP contribution is -2.07. The minimum absolute atomic E-state index is 0.121. The quantitative estimate of drug-likeness (QED) is 0.596. The van der Waals surface area contributed by atoms with E-state index in [0.29, 0.717) is 17.3 Å². The highest BCUT2D eigenvalue weighted by Gasteiger charge is 2.18. The number of nitrogens with two attached hydrogens (primary N) is 1. The zero-order valence-electron chi connectivity index (χ0n) is 18.3. The molecule has 1 atom stereocenters. The van der Waals surface area contributed by atoms with Crippen LogP contribution in [0.2, 0.25) is 0 Å². The maximum atomic E-state index is 5.75. The Morgan fingerprint density at radius 3 is 2.00 bits per heavy atom. The van der Waals surface area contributed by atoms with Crippen molar-refractivity contribution < 1.29 is 9.47 Å². The molecule has 0 aliphatic carbocycles. The molecule has 5 heteroatoms. The highest BCUT2D eigenvalue weighted by molar-refractivity contribution is 5.47. The van der Waals surface area contributed by atoms with Crippen LogP contribution in [0.15, 0.2) is 61.1 Å². The number of pyridine rings is 2. The summed E-state index contributed by atoms with van der Waals surface area (Å²) in [5.41, 5.74) is 9.17. The monoisotopic (exact) mass is 395 g/mol. The largest absolute Gasteiger partial charge is 0.493 e. The van der Waals surface area contributed by atoms with Gasteiger partial charge in [-0.25, -0.2) is 4.98 Å². The maximum Gasteiger partial charge on any atom is 0.161 e. The Labute approximate surface area is 174 Å². The molecule has 1 aromatic carbocycles. The number of benzene rings is 1. The van der Waals surface area contributed by atoms with E-state index in [1.165, 1.54) is 5.56 Å². The van der Waals surface area contributed by atoms with E-state index in [-0.39, 0.29) is 5.92 Å². The summed E-state index contributed by atoms with van der Waals surface area (Å²) in [4.78, 5) is 8.35. The Morgan fingerprint density at radius 1 is 0.828 bits per heavy atom. The molecule has 0 aliphatic rings. The molecule has 0 spiro atoms. The predicted octanol–water partition coefficient (Wildman–Crippen LogP) is 5.50. The highest BCUT2D eigenvalue weighted by atomic mass is 16.5. The van der Waals surface area contributed by atoms with E-state index in [4.69, 9.17) is 15.2 Å². The lowest BCUT2D eigenvalue weighted by molar-refractivity contribution is 0.354. The van der Waals surface area contributed by atoms with Crippen molar-refractivity contribution in [1.29, 1.82) is 0 Å². The highest BCUT2D eigenvalue weighted by Crippen LogP contribution is 2.35. The molecule has 0 saturated heterocycles. The second-order valence-electron chi connectivity index (χ2n) is 5.74. The summed E-state index contributed by atoms with van der Waals surface area (Å²) in [6.45, 7) is 8.00. The van der Waals surface area contributed by atoms with Gasteiger partial charge in [-0.1, -0.05) is 39.8 Å². The normalized spacial score (nSPS) is 10.6. The Morgan fingerprint density at radius 2 is 1.45 bits per heavy atom. The molecule has 5 nitrogen and oxygen atoms in total. The van der Waals surface area contributed by atoms with Crippen molar-refractivity contribution in [1.82, 2.24) is 9.97 Å². The van der Waals surface area contributed by atoms with Crippen LogP contribution in [0.25, 0.3) is 0 Å². The Hall–Kier alpha value is -3.08. The molecule has 0 amide bonds.